The highest BCUT2D eigenvalue weighted by Gasteiger charge is 2.48. The van der Waals surface area contributed by atoms with Crippen LogP contribution in [0.25, 0.3) is 0 Å². The van der Waals surface area contributed by atoms with E-state index in [0.29, 0.717) is 12.0 Å². The average molecular weight is 363 g/mol. The predicted molar refractivity (Wildman–Crippen MR) is 107 cm³/mol. The number of aliphatic imine (C=N–C) groups is 1. The van der Waals surface area contributed by atoms with Crippen LogP contribution in [0.1, 0.15) is 48.7 Å². The first-order valence-electron chi connectivity index (χ1n) is 9.49. The van der Waals surface area contributed by atoms with Gasteiger partial charge in [-0.2, -0.15) is 5.10 Å². The summed E-state index contributed by atoms with van der Waals surface area (Å²) in [5.74, 6) is 3.98. The van der Waals surface area contributed by atoms with Crippen LogP contribution in [-0.2, 0) is 13.5 Å². The number of anilines is 1. The number of hydrogen-bond acceptors (Lipinski definition) is 4. The first-order valence-corrected chi connectivity index (χ1v) is 9.49. The van der Waals surface area contributed by atoms with Crippen molar-refractivity contribution in [2.75, 3.05) is 18.5 Å². The molecule has 1 fully saturated rings. The van der Waals surface area contributed by atoms with E-state index in [9.17, 15) is 4.79 Å². The van der Waals surface area contributed by atoms with Crippen molar-refractivity contribution in [3.63, 3.8) is 0 Å². The van der Waals surface area contributed by atoms with E-state index in [1.54, 1.807) is 11.0 Å². The Morgan fingerprint density at radius 2 is 2.07 bits per heavy atom. The van der Waals surface area contributed by atoms with Crippen LogP contribution < -0.4 is 4.90 Å². The summed E-state index contributed by atoms with van der Waals surface area (Å²) in [6, 6.07) is 0. The van der Waals surface area contributed by atoms with Gasteiger partial charge in [-0.15, -0.1) is 6.42 Å². The minimum absolute atomic E-state index is 0.0328. The van der Waals surface area contributed by atoms with Crippen molar-refractivity contribution in [2.24, 2.45) is 12.0 Å². The summed E-state index contributed by atoms with van der Waals surface area (Å²) in [6.45, 7) is 2.79. The van der Waals surface area contributed by atoms with Crippen LogP contribution in [0.5, 0.6) is 0 Å². The standard InChI is InChI=1S/C21H25N5O/c1-5-7-10-15(6-2)13-16-17-18(23-25(16)4)26-14-21(11-8-9-12-21)22-20(26)24(3)19(17)27/h1,6-7,10H,8-9,11-14H2,2-4H3/b10-7-,15-6+. The Labute approximate surface area is 160 Å². The lowest BCUT2D eigenvalue weighted by Crippen LogP contribution is -2.48. The lowest BCUT2D eigenvalue weighted by atomic mass is 9.99. The summed E-state index contributed by atoms with van der Waals surface area (Å²) in [4.78, 5) is 22.0. The van der Waals surface area contributed by atoms with Crippen LogP contribution in [0.3, 0.4) is 0 Å². The Morgan fingerprint density at radius 1 is 1.33 bits per heavy atom. The molecule has 0 bridgehead atoms. The monoisotopic (exact) mass is 363 g/mol. The Bertz CT molecular complexity index is 921. The van der Waals surface area contributed by atoms with Gasteiger partial charge in [0.05, 0.1) is 17.8 Å². The van der Waals surface area contributed by atoms with Gasteiger partial charge in [0.1, 0.15) is 5.56 Å². The summed E-state index contributed by atoms with van der Waals surface area (Å²) in [6.07, 6.45) is 16.1. The zero-order valence-corrected chi connectivity index (χ0v) is 16.2. The van der Waals surface area contributed by atoms with Gasteiger partial charge < -0.3 is 0 Å². The molecule has 1 aliphatic carbocycles. The number of carbonyl (C=O) groups excluding carboxylic acids is 1. The van der Waals surface area contributed by atoms with E-state index in [2.05, 4.69) is 10.8 Å². The molecule has 6 heteroatoms. The smallest absolute Gasteiger partial charge is 0.266 e. The lowest BCUT2D eigenvalue weighted by Gasteiger charge is -2.31. The van der Waals surface area contributed by atoms with E-state index >= 15 is 0 Å². The molecule has 1 spiro atoms. The minimum atomic E-state index is -0.0484. The second-order valence-corrected chi connectivity index (χ2v) is 7.60. The molecule has 140 valence electrons. The number of nitrogens with zero attached hydrogens (tertiary/aromatic N) is 5. The SMILES string of the molecule is C#C/C=C\C(=C/C)Cc1c2c(nn1C)N1CC3(CCCC3)N=C1N(C)C2=O. The molecular formula is C21H25N5O. The van der Waals surface area contributed by atoms with Gasteiger partial charge in [-0.25, -0.2) is 4.99 Å². The largest absolute Gasteiger partial charge is 0.292 e. The molecule has 0 N–H and O–H groups in total. The Hall–Kier alpha value is -2.81. The van der Waals surface area contributed by atoms with E-state index in [0.717, 1.165) is 42.4 Å². The molecular weight excluding hydrogens is 338 g/mol. The van der Waals surface area contributed by atoms with Gasteiger partial charge in [0.25, 0.3) is 5.91 Å². The normalized spacial score (nSPS) is 21.0. The van der Waals surface area contributed by atoms with Gasteiger partial charge in [0, 0.05) is 20.5 Å². The van der Waals surface area contributed by atoms with Crippen LogP contribution in [0, 0.1) is 12.3 Å². The number of allylic oxidation sites excluding steroid dienone is 4. The third-order valence-electron chi connectivity index (χ3n) is 5.92. The number of aryl methyl sites for hydroxylation is 1. The average Bonchev–Trinajstić information content (AvgIpc) is 3.35. The van der Waals surface area contributed by atoms with Crippen LogP contribution in [0.4, 0.5) is 5.82 Å². The number of amides is 1. The minimum Gasteiger partial charge on any atom is -0.292 e. The van der Waals surface area contributed by atoms with Gasteiger partial charge in [-0.1, -0.05) is 30.9 Å². The van der Waals surface area contributed by atoms with E-state index in [-0.39, 0.29) is 11.4 Å². The third-order valence-corrected chi connectivity index (χ3v) is 5.92. The molecule has 1 amide bonds. The van der Waals surface area contributed by atoms with Crippen molar-refractivity contribution in [3.05, 3.63) is 35.1 Å². The highest BCUT2D eigenvalue weighted by molar-refractivity contribution is 6.19. The number of guanidine groups is 1. The number of terminal acetylenes is 1. The second kappa shape index (κ2) is 6.41. The van der Waals surface area contributed by atoms with Crippen molar-refractivity contribution in [1.82, 2.24) is 14.7 Å². The fourth-order valence-corrected chi connectivity index (χ4v) is 4.42. The fraction of sp³-hybridized carbons (Fsp3) is 0.476. The quantitative estimate of drug-likeness (QED) is 0.613. The molecule has 6 nitrogen and oxygen atoms in total. The maximum absolute atomic E-state index is 13.2. The van der Waals surface area contributed by atoms with Crippen molar-refractivity contribution in [2.45, 2.75) is 44.6 Å². The second-order valence-electron chi connectivity index (χ2n) is 7.60. The zero-order valence-electron chi connectivity index (χ0n) is 16.2. The highest BCUT2D eigenvalue weighted by atomic mass is 16.2. The van der Waals surface area contributed by atoms with Crippen molar-refractivity contribution in [3.8, 4) is 12.3 Å². The van der Waals surface area contributed by atoms with Gasteiger partial charge in [-0.3, -0.25) is 19.3 Å². The van der Waals surface area contributed by atoms with Crippen LogP contribution in [0.15, 0.2) is 28.8 Å². The van der Waals surface area contributed by atoms with Gasteiger partial charge in [0.15, 0.2) is 5.82 Å². The van der Waals surface area contributed by atoms with Crippen LogP contribution in [0.2, 0.25) is 0 Å². The van der Waals surface area contributed by atoms with Crippen molar-refractivity contribution >= 4 is 17.7 Å². The molecule has 3 aliphatic rings. The zero-order chi connectivity index (χ0) is 19.2. The number of hydrogen-bond donors (Lipinski definition) is 0. The summed E-state index contributed by atoms with van der Waals surface area (Å²) >= 11 is 0. The molecule has 0 saturated heterocycles. The summed E-state index contributed by atoms with van der Waals surface area (Å²) < 4.78 is 1.83. The maximum atomic E-state index is 13.2. The van der Waals surface area contributed by atoms with E-state index in [4.69, 9.17) is 16.5 Å². The van der Waals surface area contributed by atoms with Gasteiger partial charge in [0.2, 0.25) is 5.96 Å². The van der Waals surface area contributed by atoms with E-state index in [1.807, 2.05) is 37.9 Å². The first-order chi connectivity index (χ1) is 13.0. The summed E-state index contributed by atoms with van der Waals surface area (Å²) in [5.41, 5.74) is 2.60. The summed E-state index contributed by atoms with van der Waals surface area (Å²) in [7, 11) is 3.72. The Balaban J connectivity index is 1.75. The molecule has 3 heterocycles. The number of aromatic nitrogens is 2. The fourth-order valence-electron chi connectivity index (χ4n) is 4.42. The third kappa shape index (κ3) is 2.69. The molecule has 4 rings (SSSR count). The first kappa shape index (κ1) is 17.6. The molecule has 0 atom stereocenters. The number of carbonyl (C=O) groups is 1. The van der Waals surface area contributed by atoms with Crippen LogP contribution in [-0.4, -0.2) is 45.7 Å². The van der Waals surface area contributed by atoms with Gasteiger partial charge in [-0.05, 0) is 31.4 Å². The number of rotatable bonds is 3. The molecule has 0 unspecified atom stereocenters. The molecule has 0 aromatic carbocycles. The lowest BCUT2D eigenvalue weighted by molar-refractivity contribution is 0.0864. The molecule has 1 saturated carbocycles. The molecule has 1 aromatic heterocycles. The van der Waals surface area contributed by atoms with Crippen molar-refractivity contribution < 1.29 is 4.79 Å². The number of fused-ring (bicyclic) bond motifs is 3. The van der Waals surface area contributed by atoms with E-state index in [1.165, 1.54) is 12.8 Å². The molecule has 27 heavy (non-hydrogen) atoms. The van der Waals surface area contributed by atoms with Crippen LogP contribution >= 0.6 is 0 Å². The molecule has 2 aliphatic heterocycles. The molecule has 1 aromatic rings. The Kier molecular flexibility index (Phi) is 4.18. The summed E-state index contributed by atoms with van der Waals surface area (Å²) in [5, 5.41) is 4.72. The highest BCUT2D eigenvalue weighted by Crippen LogP contribution is 2.42. The van der Waals surface area contributed by atoms with Gasteiger partial charge >= 0.3 is 0 Å². The Morgan fingerprint density at radius 3 is 2.74 bits per heavy atom. The maximum Gasteiger partial charge on any atom is 0.266 e. The topological polar surface area (TPSA) is 53.7 Å². The van der Waals surface area contributed by atoms with Crippen molar-refractivity contribution in [1.29, 1.82) is 0 Å². The molecule has 0 radical (unpaired) electrons. The van der Waals surface area contributed by atoms with E-state index < -0.39 is 0 Å². The predicted octanol–water partition coefficient (Wildman–Crippen LogP) is 2.67.